The summed E-state index contributed by atoms with van der Waals surface area (Å²) in [5.41, 5.74) is 1.39. The molecule has 1 aliphatic heterocycles. The van der Waals surface area contributed by atoms with Gasteiger partial charge in [0, 0.05) is 0 Å². The van der Waals surface area contributed by atoms with Crippen molar-refractivity contribution < 1.29 is 19.0 Å². The average molecular weight is 429 g/mol. The minimum absolute atomic E-state index is 0.0694. The Morgan fingerprint density at radius 3 is 2.66 bits per heavy atom. The first-order valence-corrected chi connectivity index (χ1v) is 9.61. The number of hydrogen-bond acceptors (Lipinski definition) is 6. The Bertz CT molecular complexity index is 1030. The van der Waals surface area contributed by atoms with Crippen LogP contribution in [0.4, 0.5) is 5.69 Å². The normalized spacial score (nSPS) is 15.9. The predicted octanol–water partition coefficient (Wildman–Crippen LogP) is 4.26. The molecule has 29 heavy (non-hydrogen) atoms. The van der Waals surface area contributed by atoms with Crippen LogP contribution in [-0.4, -0.2) is 31.9 Å². The lowest BCUT2D eigenvalue weighted by atomic mass is 10.2. The average Bonchev–Trinajstić information content (AvgIpc) is 3.06. The molecule has 8 heteroatoms. The van der Waals surface area contributed by atoms with Gasteiger partial charge in [-0.1, -0.05) is 17.5 Å². The van der Waals surface area contributed by atoms with E-state index in [-0.39, 0.29) is 12.5 Å². The number of terminal acetylenes is 1. The Morgan fingerprint density at radius 1 is 1.24 bits per heavy atom. The first kappa shape index (κ1) is 20.6. The van der Waals surface area contributed by atoms with Crippen LogP contribution in [0.1, 0.15) is 5.56 Å². The van der Waals surface area contributed by atoms with E-state index >= 15 is 0 Å². The minimum atomic E-state index is -0.245. The molecular weight excluding hydrogens is 412 g/mol. The molecule has 0 saturated carbocycles. The third-order valence-corrected chi connectivity index (χ3v) is 4.99. The van der Waals surface area contributed by atoms with E-state index < -0.39 is 0 Å². The van der Waals surface area contributed by atoms with Gasteiger partial charge in [0.15, 0.2) is 16.7 Å². The molecule has 0 radical (unpaired) electrons. The second-order valence-corrected chi connectivity index (χ2v) is 7.14. The summed E-state index contributed by atoms with van der Waals surface area (Å²) >= 11 is 7.52. The standard InChI is InChI=1S/C21H17ClN2O4S/c1-4-9-28-19-16(22)10-13(11-17(19)27-3)12-18-20(25)24-21(29-18)23-14-5-7-15(26-2)8-6-14/h1,5-8,10-12H,9H2,2-3H3,(H,23,24,25)/b18-12+. The molecule has 1 heterocycles. The molecule has 1 fully saturated rings. The summed E-state index contributed by atoms with van der Waals surface area (Å²) in [6.45, 7) is 0.0694. The molecule has 1 saturated heterocycles. The topological polar surface area (TPSA) is 69.2 Å². The number of carbonyl (C=O) groups is 1. The van der Waals surface area contributed by atoms with Crippen molar-refractivity contribution >= 4 is 46.2 Å². The van der Waals surface area contributed by atoms with Crippen LogP contribution < -0.4 is 19.5 Å². The van der Waals surface area contributed by atoms with Gasteiger partial charge in [0.1, 0.15) is 12.4 Å². The van der Waals surface area contributed by atoms with Crippen molar-refractivity contribution in [2.24, 2.45) is 4.99 Å². The van der Waals surface area contributed by atoms with Crippen LogP contribution in [0.15, 0.2) is 46.3 Å². The summed E-state index contributed by atoms with van der Waals surface area (Å²) < 4.78 is 15.9. The second kappa shape index (κ2) is 9.41. The third kappa shape index (κ3) is 5.05. The van der Waals surface area contributed by atoms with Crippen molar-refractivity contribution in [3.63, 3.8) is 0 Å². The quantitative estimate of drug-likeness (QED) is 0.550. The highest BCUT2D eigenvalue weighted by atomic mass is 35.5. The Morgan fingerprint density at radius 2 is 2.00 bits per heavy atom. The number of carbonyl (C=O) groups excluding carboxylic acids is 1. The van der Waals surface area contributed by atoms with Gasteiger partial charge in [0.05, 0.1) is 29.8 Å². The number of nitrogens with zero attached hydrogens (tertiary/aromatic N) is 1. The molecule has 0 aromatic heterocycles. The van der Waals surface area contributed by atoms with E-state index in [1.807, 2.05) is 0 Å². The smallest absolute Gasteiger partial charge is 0.264 e. The van der Waals surface area contributed by atoms with Gasteiger partial charge in [-0.05, 0) is 59.8 Å². The number of aliphatic imine (C=N–C) groups is 1. The lowest BCUT2D eigenvalue weighted by molar-refractivity contribution is -0.115. The van der Waals surface area contributed by atoms with Crippen molar-refractivity contribution in [1.29, 1.82) is 0 Å². The van der Waals surface area contributed by atoms with E-state index in [1.54, 1.807) is 49.6 Å². The molecular formula is C21H17ClN2O4S. The summed E-state index contributed by atoms with van der Waals surface area (Å²) in [4.78, 5) is 17.2. The zero-order valence-electron chi connectivity index (χ0n) is 15.7. The fourth-order valence-corrected chi connectivity index (χ4v) is 3.60. The Hall–Kier alpha value is -3.08. The number of thioether (sulfide) groups is 1. The molecule has 3 rings (SSSR count). The maximum Gasteiger partial charge on any atom is 0.264 e. The summed E-state index contributed by atoms with van der Waals surface area (Å²) in [5, 5.41) is 3.57. The fourth-order valence-electron chi connectivity index (χ4n) is 2.48. The number of rotatable bonds is 6. The molecule has 0 spiro atoms. The summed E-state index contributed by atoms with van der Waals surface area (Å²) in [6.07, 6.45) is 6.93. The van der Waals surface area contributed by atoms with E-state index in [0.29, 0.717) is 37.8 Å². The van der Waals surface area contributed by atoms with Crippen molar-refractivity contribution in [3.8, 4) is 29.6 Å². The van der Waals surface area contributed by atoms with E-state index in [0.717, 1.165) is 5.75 Å². The molecule has 1 amide bonds. The van der Waals surface area contributed by atoms with Gasteiger partial charge in [-0.2, -0.15) is 0 Å². The highest BCUT2D eigenvalue weighted by Crippen LogP contribution is 2.38. The van der Waals surface area contributed by atoms with Gasteiger partial charge < -0.3 is 19.5 Å². The first-order valence-electron chi connectivity index (χ1n) is 8.41. The molecule has 0 unspecified atom stereocenters. The maximum atomic E-state index is 12.3. The Balaban J connectivity index is 1.83. The zero-order valence-corrected chi connectivity index (χ0v) is 17.3. The molecule has 1 N–H and O–H groups in total. The van der Waals surface area contributed by atoms with E-state index in [2.05, 4.69) is 16.2 Å². The largest absolute Gasteiger partial charge is 0.497 e. The van der Waals surface area contributed by atoms with Gasteiger partial charge in [-0.15, -0.1) is 6.42 Å². The number of nitrogens with one attached hydrogen (secondary N) is 1. The molecule has 1 aliphatic rings. The van der Waals surface area contributed by atoms with Crippen LogP contribution in [0.3, 0.4) is 0 Å². The first-order chi connectivity index (χ1) is 14.0. The van der Waals surface area contributed by atoms with Crippen molar-refractivity contribution in [3.05, 3.63) is 51.9 Å². The number of amides is 1. The Labute approximate surface area is 177 Å². The number of amidine groups is 1. The number of benzene rings is 2. The fraction of sp³-hybridized carbons (Fsp3) is 0.143. The van der Waals surface area contributed by atoms with Crippen molar-refractivity contribution in [2.75, 3.05) is 20.8 Å². The van der Waals surface area contributed by atoms with Crippen LogP contribution in [0, 0.1) is 12.3 Å². The third-order valence-electron chi connectivity index (χ3n) is 3.80. The van der Waals surface area contributed by atoms with Crippen LogP contribution in [0.5, 0.6) is 17.2 Å². The van der Waals surface area contributed by atoms with Crippen LogP contribution in [0.25, 0.3) is 6.08 Å². The molecule has 0 aliphatic carbocycles. The monoisotopic (exact) mass is 428 g/mol. The van der Waals surface area contributed by atoms with Crippen LogP contribution >= 0.6 is 23.4 Å². The number of halogens is 1. The van der Waals surface area contributed by atoms with Gasteiger partial charge in [-0.3, -0.25) is 4.79 Å². The lowest BCUT2D eigenvalue weighted by Crippen LogP contribution is -2.19. The molecule has 2 aromatic rings. The molecule has 148 valence electrons. The van der Waals surface area contributed by atoms with Gasteiger partial charge >= 0.3 is 0 Å². The van der Waals surface area contributed by atoms with E-state index in [4.69, 9.17) is 32.2 Å². The second-order valence-electron chi connectivity index (χ2n) is 5.71. The summed E-state index contributed by atoms with van der Waals surface area (Å²) in [7, 11) is 3.10. The van der Waals surface area contributed by atoms with Crippen molar-refractivity contribution in [2.45, 2.75) is 0 Å². The highest BCUT2D eigenvalue weighted by molar-refractivity contribution is 8.18. The minimum Gasteiger partial charge on any atom is -0.497 e. The maximum absolute atomic E-state index is 12.3. The van der Waals surface area contributed by atoms with E-state index in [9.17, 15) is 4.79 Å². The van der Waals surface area contributed by atoms with E-state index in [1.165, 1.54) is 18.9 Å². The lowest BCUT2D eigenvalue weighted by Gasteiger charge is -2.11. The van der Waals surface area contributed by atoms with Crippen LogP contribution in [-0.2, 0) is 4.79 Å². The highest BCUT2D eigenvalue weighted by Gasteiger charge is 2.24. The SMILES string of the molecule is C#CCOc1c(Cl)cc(/C=C2/SC(=Nc3ccc(OC)cc3)NC2=O)cc1OC. The molecule has 2 aromatic carbocycles. The summed E-state index contributed by atoms with van der Waals surface area (Å²) in [5.74, 6) is 3.66. The molecule has 0 bridgehead atoms. The van der Waals surface area contributed by atoms with Crippen molar-refractivity contribution in [1.82, 2.24) is 5.32 Å². The predicted molar refractivity (Wildman–Crippen MR) is 116 cm³/mol. The number of hydrogen-bond donors (Lipinski definition) is 1. The van der Waals surface area contributed by atoms with Gasteiger partial charge in [0.2, 0.25) is 0 Å². The molecule has 6 nitrogen and oxygen atoms in total. The van der Waals surface area contributed by atoms with Gasteiger partial charge in [0.25, 0.3) is 5.91 Å². The molecule has 0 atom stereocenters. The number of ether oxygens (including phenoxy) is 3. The van der Waals surface area contributed by atoms with Crippen LogP contribution in [0.2, 0.25) is 5.02 Å². The van der Waals surface area contributed by atoms with Gasteiger partial charge in [-0.25, -0.2) is 4.99 Å². The Kier molecular flexibility index (Phi) is 6.70. The summed E-state index contributed by atoms with van der Waals surface area (Å²) in [6, 6.07) is 10.6. The zero-order chi connectivity index (χ0) is 20.8. The number of methoxy groups -OCH3 is 2.